The van der Waals surface area contributed by atoms with Gasteiger partial charge in [0.2, 0.25) is 0 Å². The van der Waals surface area contributed by atoms with Crippen LogP contribution in [-0.2, 0) is 19.2 Å². The third-order valence-corrected chi connectivity index (χ3v) is 15.1. The Bertz CT molecular complexity index is 4530. The van der Waals surface area contributed by atoms with Crippen molar-refractivity contribution < 1.29 is 39.6 Å². The van der Waals surface area contributed by atoms with Crippen LogP contribution < -0.4 is 4.90 Å². The normalized spacial score (nSPS) is 11.6. The fourth-order valence-electron chi connectivity index (χ4n) is 10.4. The summed E-state index contributed by atoms with van der Waals surface area (Å²) in [5.74, 6) is -5.39. The quantitative estimate of drug-likeness (QED) is 0.0315. The highest BCUT2D eigenvalue weighted by atomic mass is 16.4. The molecule has 0 fully saturated rings. The molecule has 0 amide bonds. The number of anilines is 3. The molecule has 0 unspecified atom stereocenters. The number of carboxylic acid groups (broad SMARTS) is 4. The molecule has 444 valence electrons. The van der Waals surface area contributed by atoms with E-state index in [0.717, 1.165) is 94.6 Å². The van der Waals surface area contributed by atoms with Gasteiger partial charge in [-0.1, -0.05) is 200 Å². The van der Waals surface area contributed by atoms with Crippen molar-refractivity contribution >= 4 is 111 Å². The van der Waals surface area contributed by atoms with E-state index in [1.165, 1.54) is 24.3 Å². The van der Waals surface area contributed by atoms with Gasteiger partial charge in [0.05, 0.1) is 0 Å². The first kappa shape index (κ1) is 62.3. The van der Waals surface area contributed by atoms with Crippen LogP contribution in [0.5, 0.6) is 0 Å². The Labute approximate surface area is 535 Å². The van der Waals surface area contributed by atoms with E-state index < -0.39 is 46.2 Å². The molecule has 0 heterocycles. The SMILES string of the molecule is N#C/C(=C\c1ccc(C(=Cc2ccc(N(c3ccc(C=C(c4ccc(/C=C(\C#N)C(=O)O)cc4)c4ccc(/C=C(\C#N)C(=O)O)cc4)cc3)c3ccc(/C=C(/c4ccccc4)c4ccc5ccccc5c4)cc3)cc2)c2ccc(/C=C(\C#N)C(=O)O)cc2)cc1)C(=O)O. The van der Waals surface area contributed by atoms with Crippen molar-refractivity contribution in [1.29, 1.82) is 21.0 Å². The second-order valence-corrected chi connectivity index (χ2v) is 21.1. The molecule has 0 spiro atoms. The number of nitrogens with zero attached hydrogens (tertiary/aromatic N) is 5. The van der Waals surface area contributed by atoms with E-state index in [4.69, 9.17) is 0 Å². The van der Waals surface area contributed by atoms with Crippen molar-refractivity contribution in [3.05, 3.63) is 337 Å². The number of carboxylic acids is 4. The van der Waals surface area contributed by atoms with Gasteiger partial charge in [-0.05, 0) is 185 Å². The molecule has 93 heavy (non-hydrogen) atoms. The van der Waals surface area contributed by atoms with Crippen molar-refractivity contribution in [3.63, 3.8) is 0 Å². The van der Waals surface area contributed by atoms with E-state index in [1.807, 2.05) is 140 Å². The van der Waals surface area contributed by atoms with Crippen LogP contribution >= 0.6 is 0 Å². The minimum Gasteiger partial charge on any atom is -0.477 e. The van der Waals surface area contributed by atoms with Gasteiger partial charge in [0.25, 0.3) is 0 Å². The van der Waals surface area contributed by atoms with Gasteiger partial charge in [0.1, 0.15) is 46.6 Å². The average molecular weight is 1210 g/mol. The topological polar surface area (TPSA) is 248 Å². The first-order chi connectivity index (χ1) is 45.2. The fourth-order valence-corrected chi connectivity index (χ4v) is 10.4. The van der Waals surface area contributed by atoms with Crippen molar-refractivity contribution in [2.24, 2.45) is 0 Å². The van der Waals surface area contributed by atoms with Crippen LogP contribution in [0, 0.1) is 45.3 Å². The molecular formula is C80H51N5O8. The van der Waals surface area contributed by atoms with E-state index in [9.17, 15) is 60.7 Å². The second kappa shape index (κ2) is 28.9. The monoisotopic (exact) mass is 1210 g/mol. The number of hydrogen-bond donors (Lipinski definition) is 4. The van der Waals surface area contributed by atoms with Crippen LogP contribution in [0.25, 0.3) is 70.0 Å². The molecule has 0 aliphatic heterocycles. The van der Waals surface area contributed by atoms with Crippen molar-refractivity contribution in [2.75, 3.05) is 4.90 Å². The largest absolute Gasteiger partial charge is 0.477 e. The number of benzene rings is 10. The Morgan fingerprint density at radius 2 is 0.505 bits per heavy atom. The Balaban J connectivity index is 1.07. The highest BCUT2D eigenvalue weighted by molar-refractivity contribution is 6.01. The lowest BCUT2D eigenvalue weighted by atomic mass is 9.93. The maximum absolute atomic E-state index is 11.7. The zero-order valence-electron chi connectivity index (χ0n) is 49.3. The molecule has 0 saturated heterocycles. The minimum absolute atomic E-state index is 0.421. The molecule has 10 rings (SSSR count). The molecular weight excluding hydrogens is 1160 g/mol. The van der Waals surface area contributed by atoms with Gasteiger partial charge in [-0.3, -0.25) is 0 Å². The summed E-state index contributed by atoms with van der Waals surface area (Å²) in [5.41, 5.74) is 13.0. The van der Waals surface area contributed by atoms with Gasteiger partial charge in [-0.25, -0.2) is 19.2 Å². The number of carbonyl (C=O) groups is 4. The van der Waals surface area contributed by atoms with E-state index in [2.05, 4.69) is 77.7 Å². The average Bonchev–Trinajstić information content (AvgIpc) is 0.931. The highest BCUT2D eigenvalue weighted by Gasteiger charge is 2.17. The summed E-state index contributed by atoms with van der Waals surface area (Å²) in [6.45, 7) is 0. The molecule has 13 nitrogen and oxygen atoms in total. The number of fused-ring (bicyclic) bond motifs is 1. The smallest absolute Gasteiger partial charge is 0.346 e. The molecule has 10 aromatic carbocycles. The van der Waals surface area contributed by atoms with Gasteiger partial charge >= 0.3 is 23.9 Å². The van der Waals surface area contributed by atoms with Crippen LogP contribution in [0.3, 0.4) is 0 Å². The Hall–Kier alpha value is -13.7. The molecule has 0 atom stereocenters. The van der Waals surface area contributed by atoms with Gasteiger partial charge in [0.15, 0.2) is 0 Å². The van der Waals surface area contributed by atoms with Gasteiger partial charge in [-0.2, -0.15) is 21.0 Å². The molecule has 0 aliphatic carbocycles. The van der Waals surface area contributed by atoms with Crippen LogP contribution in [0.15, 0.2) is 265 Å². The molecule has 4 N–H and O–H groups in total. The second-order valence-electron chi connectivity index (χ2n) is 21.1. The maximum Gasteiger partial charge on any atom is 0.346 e. The summed E-state index contributed by atoms with van der Waals surface area (Å²) in [6.07, 6.45) is 11.3. The first-order valence-electron chi connectivity index (χ1n) is 28.8. The van der Waals surface area contributed by atoms with E-state index in [1.54, 1.807) is 72.8 Å². The lowest BCUT2D eigenvalue weighted by molar-refractivity contribution is -0.133. The Morgan fingerprint density at radius 1 is 0.269 bits per heavy atom. The number of aliphatic carboxylic acids is 4. The van der Waals surface area contributed by atoms with E-state index >= 15 is 0 Å². The number of hydrogen-bond acceptors (Lipinski definition) is 9. The minimum atomic E-state index is -1.35. The lowest BCUT2D eigenvalue weighted by Gasteiger charge is -2.26. The predicted octanol–water partition coefficient (Wildman–Crippen LogP) is 17.0. The molecule has 0 radical (unpaired) electrons. The summed E-state index contributed by atoms with van der Waals surface area (Å²) in [6, 6.07) is 84.4. The molecule has 0 saturated carbocycles. The highest BCUT2D eigenvalue weighted by Crippen LogP contribution is 2.38. The summed E-state index contributed by atoms with van der Waals surface area (Å²) < 4.78 is 0. The molecule has 0 bridgehead atoms. The van der Waals surface area contributed by atoms with Crippen LogP contribution in [0.4, 0.5) is 17.1 Å². The summed E-state index contributed by atoms with van der Waals surface area (Å²) >= 11 is 0. The standard InChI is InChI=1S/C80H51N5O8/c81-48-67(77(86)87)40-52-10-24-61(25-11-52)74(62-26-12-53(13-27-62)41-68(49-82)78(88)89)44-56-18-34-71(35-19-56)85(73-38-22-58(23-39-73)46-76(60-7-2-1-3-8-60)66-33-32-59-6-4-5-9-65(59)47-66)72-36-20-57(21-37-72)45-75(63-28-14-54(15-29-63)42-69(50-83)79(90)91)64-30-16-55(17-31-64)43-70(51-84)80(92)93/h1-47H,(H,86,87)(H,88,89)(H,90,91)(H,92,93)/b67-40+,68-41+,69-42+,70-43+,76-46-. The zero-order valence-corrected chi connectivity index (χ0v) is 49.3. The first-order valence-corrected chi connectivity index (χ1v) is 28.8. The van der Waals surface area contributed by atoms with Crippen LogP contribution in [0.1, 0.15) is 72.3 Å². The molecule has 13 heteroatoms. The molecule has 0 aliphatic rings. The number of rotatable bonds is 20. The maximum atomic E-state index is 11.7. The Morgan fingerprint density at radius 3 is 0.796 bits per heavy atom. The lowest BCUT2D eigenvalue weighted by Crippen LogP contribution is -2.09. The molecule has 0 aromatic heterocycles. The predicted molar refractivity (Wildman–Crippen MR) is 363 cm³/mol. The van der Waals surface area contributed by atoms with E-state index in [-0.39, 0.29) is 0 Å². The fraction of sp³-hybridized carbons (Fsp3) is 0. The Kier molecular flexibility index (Phi) is 19.3. The van der Waals surface area contributed by atoms with Gasteiger partial charge in [0, 0.05) is 17.1 Å². The summed E-state index contributed by atoms with van der Waals surface area (Å²) in [5, 5.41) is 78.1. The van der Waals surface area contributed by atoms with E-state index in [0.29, 0.717) is 22.3 Å². The van der Waals surface area contributed by atoms with Crippen molar-refractivity contribution in [2.45, 2.75) is 0 Å². The molecule has 10 aromatic rings. The van der Waals surface area contributed by atoms with Gasteiger partial charge in [-0.15, -0.1) is 0 Å². The zero-order chi connectivity index (χ0) is 65.4. The third kappa shape index (κ3) is 15.3. The van der Waals surface area contributed by atoms with Crippen molar-refractivity contribution in [1.82, 2.24) is 0 Å². The van der Waals surface area contributed by atoms with Crippen molar-refractivity contribution in [3.8, 4) is 24.3 Å². The summed E-state index contributed by atoms with van der Waals surface area (Å²) in [7, 11) is 0. The van der Waals surface area contributed by atoms with Gasteiger partial charge < -0.3 is 25.3 Å². The summed E-state index contributed by atoms with van der Waals surface area (Å²) in [4.78, 5) is 48.9. The van der Waals surface area contributed by atoms with Crippen LogP contribution in [0.2, 0.25) is 0 Å². The third-order valence-electron chi connectivity index (χ3n) is 15.1. The number of nitriles is 4. The van der Waals surface area contributed by atoms with Crippen LogP contribution in [-0.4, -0.2) is 44.3 Å².